The number of aromatic nitrogens is 2. The van der Waals surface area contributed by atoms with E-state index in [2.05, 4.69) is 20.8 Å². The molecule has 29 heavy (non-hydrogen) atoms. The predicted molar refractivity (Wildman–Crippen MR) is 96.9 cm³/mol. The Morgan fingerprint density at radius 3 is 2.62 bits per heavy atom. The Hall–Kier alpha value is -3.95. The quantitative estimate of drug-likeness (QED) is 0.608. The van der Waals surface area contributed by atoms with Gasteiger partial charge in [-0.05, 0) is 36.4 Å². The molecule has 3 aromatic rings. The Kier molecular flexibility index (Phi) is 5.06. The third kappa shape index (κ3) is 4.15. The van der Waals surface area contributed by atoms with E-state index < -0.39 is 17.6 Å². The van der Waals surface area contributed by atoms with Crippen LogP contribution in [0.15, 0.2) is 47.0 Å². The average Bonchev–Trinajstić information content (AvgIpc) is 3.39. The lowest BCUT2D eigenvalue weighted by atomic mass is 10.2. The number of nitrogens with zero attached hydrogens (tertiary/aromatic N) is 2. The second kappa shape index (κ2) is 7.97. The highest BCUT2D eigenvalue weighted by Gasteiger charge is 2.19. The molecule has 2 amide bonds. The van der Waals surface area contributed by atoms with E-state index in [9.17, 15) is 14.0 Å². The number of hydrogen-bond acceptors (Lipinski definition) is 7. The van der Waals surface area contributed by atoms with Crippen LogP contribution in [0.1, 0.15) is 21.0 Å². The minimum Gasteiger partial charge on any atom is -0.454 e. The standard InChI is InChI=1S/C19H15FN4O5/c20-13-3-1-2-12(8-13)17(25)21-6-7-22-18(26)19-23-16(24-29-19)11-4-5-14-15(9-11)28-10-27-14/h1-5,8-9H,6-7,10H2,(H,21,25)(H,22,26). The van der Waals surface area contributed by atoms with Gasteiger partial charge in [-0.25, -0.2) is 4.39 Å². The number of nitrogens with one attached hydrogen (secondary N) is 2. The number of ether oxygens (including phenoxy) is 2. The number of hydrogen-bond donors (Lipinski definition) is 2. The molecule has 1 aromatic heterocycles. The fourth-order valence-electron chi connectivity index (χ4n) is 2.63. The Morgan fingerprint density at radius 1 is 1.00 bits per heavy atom. The molecule has 0 fully saturated rings. The number of fused-ring (bicyclic) bond motifs is 1. The van der Waals surface area contributed by atoms with Gasteiger partial charge >= 0.3 is 11.8 Å². The third-order valence-electron chi connectivity index (χ3n) is 4.03. The van der Waals surface area contributed by atoms with Gasteiger partial charge in [0.1, 0.15) is 5.82 Å². The van der Waals surface area contributed by atoms with Gasteiger partial charge in [-0.1, -0.05) is 11.2 Å². The van der Waals surface area contributed by atoms with Crippen molar-refractivity contribution in [3.63, 3.8) is 0 Å². The predicted octanol–water partition coefficient (Wildman–Crippen LogP) is 1.76. The molecule has 1 aliphatic heterocycles. The first-order chi connectivity index (χ1) is 14.1. The highest BCUT2D eigenvalue weighted by molar-refractivity contribution is 5.94. The van der Waals surface area contributed by atoms with Crippen molar-refractivity contribution in [1.82, 2.24) is 20.8 Å². The van der Waals surface area contributed by atoms with E-state index in [1.807, 2.05) is 0 Å². The lowest BCUT2D eigenvalue weighted by Gasteiger charge is -2.05. The van der Waals surface area contributed by atoms with Crippen molar-refractivity contribution in [3.8, 4) is 22.9 Å². The minimum absolute atomic E-state index is 0.127. The summed E-state index contributed by atoms with van der Waals surface area (Å²) in [5, 5.41) is 8.92. The monoisotopic (exact) mass is 398 g/mol. The van der Waals surface area contributed by atoms with Crippen LogP contribution >= 0.6 is 0 Å². The van der Waals surface area contributed by atoms with Gasteiger partial charge in [-0.2, -0.15) is 4.98 Å². The van der Waals surface area contributed by atoms with Crippen molar-refractivity contribution in [2.24, 2.45) is 0 Å². The van der Waals surface area contributed by atoms with Crippen LogP contribution in [-0.2, 0) is 0 Å². The van der Waals surface area contributed by atoms with Gasteiger partial charge in [0.15, 0.2) is 11.5 Å². The largest absolute Gasteiger partial charge is 0.454 e. The topological polar surface area (TPSA) is 116 Å². The first-order valence-corrected chi connectivity index (χ1v) is 8.66. The van der Waals surface area contributed by atoms with Crippen molar-refractivity contribution in [2.45, 2.75) is 0 Å². The van der Waals surface area contributed by atoms with Crippen LogP contribution in [0.25, 0.3) is 11.4 Å². The number of rotatable bonds is 6. The van der Waals surface area contributed by atoms with Gasteiger partial charge in [0, 0.05) is 24.2 Å². The molecule has 148 valence electrons. The molecule has 0 unspecified atom stereocenters. The van der Waals surface area contributed by atoms with Crippen LogP contribution in [0.3, 0.4) is 0 Å². The molecule has 4 rings (SSSR count). The molecule has 0 atom stereocenters. The lowest BCUT2D eigenvalue weighted by Crippen LogP contribution is -2.34. The first-order valence-electron chi connectivity index (χ1n) is 8.66. The second-order valence-electron chi connectivity index (χ2n) is 6.01. The number of halogens is 1. The summed E-state index contributed by atoms with van der Waals surface area (Å²) in [6, 6.07) is 10.4. The number of amides is 2. The molecule has 0 spiro atoms. The third-order valence-corrected chi connectivity index (χ3v) is 4.03. The normalized spacial score (nSPS) is 11.9. The van der Waals surface area contributed by atoms with Crippen LogP contribution in [0, 0.1) is 5.82 Å². The van der Waals surface area contributed by atoms with Crippen LogP contribution in [0.5, 0.6) is 11.5 Å². The Morgan fingerprint density at radius 2 is 1.79 bits per heavy atom. The van der Waals surface area contributed by atoms with Crippen molar-refractivity contribution in [2.75, 3.05) is 19.9 Å². The van der Waals surface area contributed by atoms with E-state index in [1.165, 1.54) is 18.2 Å². The zero-order valence-corrected chi connectivity index (χ0v) is 15.0. The number of benzene rings is 2. The summed E-state index contributed by atoms with van der Waals surface area (Å²) in [4.78, 5) is 28.1. The zero-order chi connectivity index (χ0) is 20.2. The molecule has 0 radical (unpaired) electrons. The molecule has 2 N–H and O–H groups in total. The Labute approximate surface area is 163 Å². The summed E-state index contributed by atoms with van der Waals surface area (Å²) in [6.07, 6.45) is 0. The fraction of sp³-hybridized carbons (Fsp3) is 0.158. The molecule has 2 heterocycles. The summed E-state index contributed by atoms with van der Waals surface area (Å²) >= 11 is 0. The summed E-state index contributed by atoms with van der Waals surface area (Å²) < 4.78 is 28.6. The molecule has 1 aliphatic rings. The van der Waals surface area contributed by atoms with E-state index >= 15 is 0 Å². The van der Waals surface area contributed by atoms with E-state index in [4.69, 9.17) is 14.0 Å². The molecule has 0 saturated heterocycles. The average molecular weight is 398 g/mol. The maximum atomic E-state index is 13.1. The number of carbonyl (C=O) groups excluding carboxylic acids is 2. The van der Waals surface area contributed by atoms with E-state index in [0.717, 1.165) is 6.07 Å². The lowest BCUT2D eigenvalue weighted by molar-refractivity contribution is 0.0898. The molecule has 0 saturated carbocycles. The minimum atomic E-state index is -0.579. The van der Waals surface area contributed by atoms with E-state index in [-0.39, 0.29) is 37.2 Å². The second-order valence-corrected chi connectivity index (χ2v) is 6.01. The van der Waals surface area contributed by atoms with Crippen molar-refractivity contribution < 1.29 is 28.0 Å². The van der Waals surface area contributed by atoms with E-state index in [0.29, 0.717) is 17.1 Å². The summed E-state index contributed by atoms with van der Waals surface area (Å²) in [7, 11) is 0. The molecule has 0 aliphatic carbocycles. The van der Waals surface area contributed by atoms with Crippen LogP contribution in [-0.4, -0.2) is 41.8 Å². The van der Waals surface area contributed by atoms with Crippen molar-refractivity contribution >= 4 is 11.8 Å². The van der Waals surface area contributed by atoms with Crippen LogP contribution in [0.2, 0.25) is 0 Å². The molecular formula is C19H15FN4O5. The first kappa shape index (κ1) is 18.4. The maximum absolute atomic E-state index is 13.1. The molecule has 0 bridgehead atoms. The maximum Gasteiger partial charge on any atom is 0.316 e. The van der Waals surface area contributed by atoms with Crippen molar-refractivity contribution in [3.05, 3.63) is 59.7 Å². The van der Waals surface area contributed by atoms with Gasteiger partial charge < -0.3 is 24.6 Å². The summed E-state index contributed by atoms with van der Waals surface area (Å²) in [5.41, 5.74) is 0.806. The van der Waals surface area contributed by atoms with Gasteiger partial charge in [-0.3, -0.25) is 9.59 Å². The van der Waals surface area contributed by atoms with Gasteiger partial charge in [0.25, 0.3) is 5.91 Å². The van der Waals surface area contributed by atoms with Crippen LogP contribution < -0.4 is 20.1 Å². The van der Waals surface area contributed by atoms with E-state index in [1.54, 1.807) is 18.2 Å². The zero-order valence-electron chi connectivity index (χ0n) is 15.0. The molecule has 9 nitrogen and oxygen atoms in total. The van der Waals surface area contributed by atoms with Crippen LogP contribution in [0.4, 0.5) is 4.39 Å². The van der Waals surface area contributed by atoms with Gasteiger partial charge in [0.2, 0.25) is 12.6 Å². The number of carbonyl (C=O) groups is 2. The highest BCUT2D eigenvalue weighted by atomic mass is 19.1. The SMILES string of the molecule is O=C(NCCNC(=O)c1nc(-c2ccc3c(c2)OCO3)no1)c1cccc(F)c1. The summed E-state index contributed by atoms with van der Waals surface area (Å²) in [5.74, 6) is -0.323. The molecule has 10 heteroatoms. The summed E-state index contributed by atoms with van der Waals surface area (Å²) in [6.45, 7) is 0.417. The van der Waals surface area contributed by atoms with Crippen molar-refractivity contribution in [1.29, 1.82) is 0 Å². The highest BCUT2D eigenvalue weighted by Crippen LogP contribution is 2.35. The Bertz CT molecular complexity index is 1070. The molecule has 2 aromatic carbocycles. The molecular weight excluding hydrogens is 383 g/mol. The smallest absolute Gasteiger partial charge is 0.316 e. The Balaban J connectivity index is 1.29. The van der Waals surface area contributed by atoms with Gasteiger partial charge in [0.05, 0.1) is 0 Å². The van der Waals surface area contributed by atoms with Gasteiger partial charge in [-0.15, -0.1) is 0 Å². The fourth-order valence-corrected chi connectivity index (χ4v) is 2.63.